The summed E-state index contributed by atoms with van der Waals surface area (Å²) in [6, 6.07) is 5.85. The van der Waals surface area contributed by atoms with Gasteiger partial charge < -0.3 is 4.74 Å². The van der Waals surface area contributed by atoms with Crippen LogP contribution in [0.25, 0.3) is 0 Å². The first-order valence-corrected chi connectivity index (χ1v) is 7.64. The maximum atomic E-state index is 6.14. The van der Waals surface area contributed by atoms with E-state index in [1.165, 1.54) is 12.8 Å². The Bertz CT molecular complexity index is 394. The van der Waals surface area contributed by atoms with Gasteiger partial charge in [-0.05, 0) is 52.6 Å². The molecule has 2 rings (SSSR count). The molecular formula is C15H22BrNO. The van der Waals surface area contributed by atoms with E-state index in [0.717, 1.165) is 22.8 Å². The maximum absolute atomic E-state index is 6.14. The predicted molar refractivity (Wildman–Crippen MR) is 77.7 cm³/mol. The fourth-order valence-corrected chi connectivity index (χ4v) is 3.19. The van der Waals surface area contributed by atoms with Crippen LogP contribution >= 0.6 is 15.9 Å². The van der Waals surface area contributed by atoms with Gasteiger partial charge in [0.05, 0.1) is 0 Å². The molecule has 100 valence electrons. The van der Waals surface area contributed by atoms with Crippen LogP contribution in [0.2, 0.25) is 0 Å². The largest absolute Gasteiger partial charge is 0.474 e. The molecular weight excluding hydrogens is 290 g/mol. The number of aromatic nitrogens is 1. The van der Waals surface area contributed by atoms with Gasteiger partial charge in [-0.3, -0.25) is 0 Å². The van der Waals surface area contributed by atoms with Gasteiger partial charge in [-0.1, -0.05) is 33.3 Å². The van der Waals surface area contributed by atoms with Crippen LogP contribution in [0.3, 0.4) is 0 Å². The molecule has 0 N–H and O–H groups in total. The SMILES string of the molecule is CC1CCC(C(C)C)C(Oc2cccc(Br)n2)C1. The van der Waals surface area contributed by atoms with Gasteiger partial charge in [0.1, 0.15) is 10.7 Å². The molecule has 0 aliphatic heterocycles. The summed E-state index contributed by atoms with van der Waals surface area (Å²) in [5, 5.41) is 0. The summed E-state index contributed by atoms with van der Waals surface area (Å²) in [6.07, 6.45) is 4.07. The van der Waals surface area contributed by atoms with Gasteiger partial charge in [0.15, 0.2) is 0 Å². The van der Waals surface area contributed by atoms with Crippen LogP contribution in [0, 0.1) is 17.8 Å². The first-order chi connectivity index (χ1) is 8.56. The van der Waals surface area contributed by atoms with Crippen molar-refractivity contribution in [2.24, 2.45) is 17.8 Å². The van der Waals surface area contributed by atoms with Crippen molar-refractivity contribution < 1.29 is 4.74 Å². The van der Waals surface area contributed by atoms with Crippen molar-refractivity contribution in [3.8, 4) is 5.88 Å². The van der Waals surface area contributed by atoms with Crippen LogP contribution in [0.4, 0.5) is 0 Å². The van der Waals surface area contributed by atoms with Crippen LogP contribution in [-0.4, -0.2) is 11.1 Å². The lowest BCUT2D eigenvalue weighted by molar-refractivity contribution is 0.0425. The Kier molecular flexibility index (Phi) is 4.66. The molecule has 3 heteroatoms. The second kappa shape index (κ2) is 6.05. The molecule has 1 aliphatic carbocycles. The zero-order valence-electron chi connectivity index (χ0n) is 11.4. The fraction of sp³-hybridized carbons (Fsp3) is 0.667. The molecule has 0 aromatic carbocycles. The highest BCUT2D eigenvalue weighted by Gasteiger charge is 2.32. The summed E-state index contributed by atoms with van der Waals surface area (Å²) in [5.74, 6) is 2.84. The second-order valence-corrected chi connectivity index (χ2v) is 6.59. The van der Waals surface area contributed by atoms with E-state index in [4.69, 9.17) is 4.74 Å². The summed E-state index contributed by atoms with van der Waals surface area (Å²) < 4.78 is 6.98. The first-order valence-electron chi connectivity index (χ1n) is 6.85. The van der Waals surface area contributed by atoms with Crippen LogP contribution in [0.1, 0.15) is 40.0 Å². The third-order valence-electron chi connectivity index (χ3n) is 3.92. The molecule has 2 nitrogen and oxygen atoms in total. The summed E-state index contributed by atoms with van der Waals surface area (Å²) in [7, 11) is 0. The lowest BCUT2D eigenvalue weighted by Gasteiger charge is -2.37. The highest BCUT2D eigenvalue weighted by atomic mass is 79.9. The Morgan fingerprint density at radius 1 is 1.33 bits per heavy atom. The van der Waals surface area contributed by atoms with E-state index in [-0.39, 0.29) is 0 Å². The monoisotopic (exact) mass is 311 g/mol. The van der Waals surface area contributed by atoms with E-state index in [0.29, 0.717) is 17.9 Å². The van der Waals surface area contributed by atoms with Gasteiger partial charge in [0, 0.05) is 6.07 Å². The van der Waals surface area contributed by atoms with Gasteiger partial charge in [0.2, 0.25) is 5.88 Å². The highest BCUT2D eigenvalue weighted by Crippen LogP contribution is 2.35. The van der Waals surface area contributed by atoms with Crippen molar-refractivity contribution in [1.29, 1.82) is 0 Å². The number of pyridine rings is 1. The van der Waals surface area contributed by atoms with Crippen molar-refractivity contribution in [3.63, 3.8) is 0 Å². The van der Waals surface area contributed by atoms with E-state index in [2.05, 4.69) is 41.7 Å². The summed E-state index contributed by atoms with van der Waals surface area (Å²) in [5.41, 5.74) is 0. The van der Waals surface area contributed by atoms with Crippen LogP contribution in [0.5, 0.6) is 5.88 Å². The van der Waals surface area contributed by atoms with Gasteiger partial charge in [-0.15, -0.1) is 0 Å². The molecule has 1 aromatic heterocycles. The number of hydrogen-bond donors (Lipinski definition) is 0. The zero-order chi connectivity index (χ0) is 13.1. The maximum Gasteiger partial charge on any atom is 0.214 e. The average Bonchev–Trinajstić information content (AvgIpc) is 2.28. The molecule has 1 saturated carbocycles. The first kappa shape index (κ1) is 13.9. The minimum absolute atomic E-state index is 0.315. The Hall–Kier alpha value is -0.570. The smallest absolute Gasteiger partial charge is 0.214 e. The fourth-order valence-electron chi connectivity index (χ4n) is 2.86. The second-order valence-electron chi connectivity index (χ2n) is 5.78. The quantitative estimate of drug-likeness (QED) is 0.756. The van der Waals surface area contributed by atoms with Crippen molar-refractivity contribution in [2.45, 2.75) is 46.1 Å². The summed E-state index contributed by atoms with van der Waals surface area (Å²) >= 11 is 3.39. The number of hydrogen-bond acceptors (Lipinski definition) is 2. The molecule has 0 radical (unpaired) electrons. The molecule has 0 saturated heterocycles. The van der Waals surface area contributed by atoms with E-state index in [1.54, 1.807) is 0 Å². The van der Waals surface area contributed by atoms with E-state index in [9.17, 15) is 0 Å². The topological polar surface area (TPSA) is 22.1 Å². The highest BCUT2D eigenvalue weighted by molar-refractivity contribution is 9.10. The Morgan fingerprint density at radius 3 is 2.78 bits per heavy atom. The van der Waals surface area contributed by atoms with Gasteiger partial charge in [-0.25, -0.2) is 4.98 Å². The molecule has 1 aromatic rings. The number of rotatable bonds is 3. The average molecular weight is 312 g/mol. The molecule has 0 bridgehead atoms. The standard InChI is InChI=1S/C15H22BrNO/c1-10(2)12-8-7-11(3)9-13(12)18-15-6-4-5-14(16)17-15/h4-6,10-13H,7-9H2,1-3H3. The Labute approximate surface area is 118 Å². The molecule has 1 fully saturated rings. The van der Waals surface area contributed by atoms with Gasteiger partial charge >= 0.3 is 0 Å². The van der Waals surface area contributed by atoms with Gasteiger partial charge in [0.25, 0.3) is 0 Å². The van der Waals surface area contributed by atoms with Crippen LogP contribution in [0.15, 0.2) is 22.8 Å². The normalized spacial score (nSPS) is 28.4. The number of ether oxygens (including phenoxy) is 1. The van der Waals surface area contributed by atoms with Crippen molar-refractivity contribution in [2.75, 3.05) is 0 Å². The lowest BCUT2D eigenvalue weighted by atomic mass is 9.75. The Morgan fingerprint density at radius 2 is 2.11 bits per heavy atom. The minimum Gasteiger partial charge on any atom is -0.474 e. The van der Waals surface area contributed by atoms with E-state index < -0.39 is 0 Å². The zero-order valence-corrected chi connectivity index (χ0v) is 13.0. The molecule has 3 atom stereocenters. The lowest BCUT2D eigenvalue weighted by Crippen LogP contribution is -2.36. The van der Waals surface area contributed by atoms with Crippen molar-refractivity contribution in [3.05, 3.63) is 22.8 Å². The Balaban J connectivity index is 2.08. The molecule has 18 heavy (non-hydrogen) atoms. The summed E-state index contributed by atoms with van der Waals surface area (Å²) in [4.78, 5) is 4.38. The predicted octanol–water partition coefficient (Wildman–Crippen LogP) is 4.68. The van der Waals surface area contributed by atoms with E-state index in [1.807, 2.05) is 18.2 Å². The minimum atomic E-state index is 0.315. The molecule has 0 spiro atoms. The number of nitrogens with zero attached hydrogens (tertiary/aromatic N) is 1. The molecule has 0 amide bonds. The molecule has 1 aliphatic rings. The third-order valence-corrected chi connectivity index (χ3v) is 4.36. The van der Waals surface area contributed by atoms with Crippen LogP contribution < -0.4 is 4.74 Å². The number of halogens is 1. The molecule has 1 heterocycles. The summed E-state index contributed by atoms with van der Waals surface area (Å²) in [6.45, 7) is 6.91. The van der Waals surface area contributed by atoms with Crippen molar-refractivity contribution in [1.82, 2.24) is 4.98 Å². The molecule has 3 unspecified atom stereocenters. The van der Waals surface area contributed by atoms with Gasteiger partial charge in [-0.2, -0.15) is 0 Å². The van der Waals surface area contributed by atoms with Crippen molar-refractivity contribution >= 4 is 15.9 Å². The van der Waals surface area contributed by atoms with Crippen LogP contribution in [-0.2, 0) is 0 Å². The third kappa shape index (κ3) is 3.47. The van der Waals surface area contributed by atoms with E-state index >= 15 is 0 Å².